The molecule has 1 fully saturated rings. The maximum atomic E-state index is 12.3. The van der Waals surface area contributed by atoms with Crippen LogP contribution < -0.4 is 10.1 Å². The molecule has 2 heterocycles. The first-order valence-corrected chi connectivity index (χ1v) is 9.78. The first-order chi connectivity index (χ1) is 13.7. The molecule has 0 bridgehead atoms. The van der Waals surface area contributed by atoms with Gasteiger partial charge in [0.25, 0.3) is 0 Å². The van der Waals surface area contributed by atoms with Gasteiger partial charge < -0.3 is 15.0 Å². The third kappa shape index (κ3) is 4.17. The second-order valence-corrected chi connectivity index (χ2v) is 7.28. The quantitative estimate of drug-likeness (QED) is 0.692. The van der Waals surface area contributed by atoms with Gasteiger partial charge in [-0.15, -0.1) is 0 Å². The van der Waals surface area contributed by atoms with Crippen molar-refractivity contribution in [2.75, 3.05) is 26.7 Å². The van der Waals surface area contributed by atoms with Crippen molar-refractivity contribution in [3.63, 3.8) is 0 Å². The highest BCUT2D eigenvalue weighted by atomic mass is 16.5. The molecule has 2 N–H and O–H groups in total. The third-order valence-electron chi connectivity index (χ3n) is 5.42. The van der Waals surface area contributed by atoms with Crippen LogP contribution >= 0.6 is 0 Å². The fourth-order valence-electron chi connectivity index (χ4n) is 3.83. The minimum Gasteiger partial charge on any atom is -0.496 e. The molecule has 0 radical (unpaired) electrons. The summed E-state index contributed by atoms with van der Waals surface area (Å²) in [5.41, 5.74) is 3.10. The van der Waals surface area contributed by atoms with E-state index in [4.69, 9.17) is 9.72 Å². The number of piperidine rings is 1. The number of para-hydroxylation sites is 3. The van der Waals surface area contributed by atoms with Gasteiger partial charge in [0, 0.05) is 18.0 Å². The number of carbonyl (C=O) groups excluding carboxylic acids is 1. The van der Waals surface area contributed by atoms with Crippen molar-refractivity contribution < 1.29 is 9.53 Å². The van der Waals surface area contributed by atoms with Gasteiger partial charge in [-0.25, -0.2) is 4.98 Å². The van der Waals surface area contributed by atoms with E-state index in [2.05, 4.69) is 21.3 Å². The molecule has 0 atom stereocenters. The number of H-pyrrole nitrogens is 1. The van der Waals surface area contributed by atoms with Gasteiger partial charge in [0.1, 0.15) is 11.6 Å². The van der Waals surface area contributed by atoms with Gasteiger partial charge in [0.2, 0.25) is 5.91 Å². The number of nitrogens with one attached hydrogen (secondary N) is 2. The van der Waals surface area contributed by atoms with Gasteiger partial charge in [-0.1, -0.05) is 30.3 Å². The third-order valence-corrected chi connectivity index (χ3v) is 5.42. The van der Waals surface area contributed by atoms with Crippen molar-refractivity contribution >= 4 is 16.9 Å². The number of amides is 1. The number of ether oxygens (including phenoxy) is 1. The smallest absolute Gasteiger partial charge is 0.234 e. The molecule has 1 amide bonds. The van der Waals surface area contributed by atoms with E-state index in [1.54, 1.807) is 7.11 Å². The van der Waals surface area contributed by atoms with Gasteiger partial charge >= 0.3 is 0 Å². The van der Waals surface area contributed by atoms with Crippen LogP contribution in [0, 0.1) is 0 Å². The number of nitrogens with zero attached hydrogens (tertiary/aromatic N) is 2. The first kappa shape index (κ1) is 18.5. The largest absolute Gasteiger partial charge is 0.496 e. The van der Waals surface area contributed by atoms with Crippen LogP contribution in [0.2, 0.25) is 0 Å². The summed E-state index contributed by atoms with van der Waals surface area (Å²) in [6, 6.07) is 15.9. The van der Waals surface area contributed by atoms with Gasteiger partial charge in [0.15, 0.2) is 0 Å². The minimum atomic E-state index is 0.0492. The number of aromatic nitrogens is 2. The summed E-state index contributed by atoms with van der Waals surface area (Å²) in [5.74, 6) is 2.35. The lowest BCUT2D eigenvalue weighted by molar-refractivity contribution is -0.122. The van der Waals surface area contributed by atoms with Crippen LogP contribution in [-0.4, -0.2) is 47.5 Å². The molecule has 0 saturated carbocycles. The fraction of sp³-hybridized carbons (Fsp3) is 0.364. The van der Waals surface area contributed by atoms with Crippen LogP contribution in [0.4, 0.5) is 0 Å². The second-order valence-electron chi connectivity index (χ2n) is 7.28. The van der Waals surface area contributed by atoms with E-state index in [1.165, 1.54) is 0 Å². The number of methoxy groups -OCH3 is 1. The maximum absolute atomic E-state index is 12.3. The SMILES string of the molecule is COc1ccccc1CNC(=O)CN1CCC(c2nc3ccccc3[nH]2)CC1. The summed E-state index contributed by atoms with van der Waals surface area (Å²) in [6.45, 7) is 2.73. The minimum absolute atomic E-state index is 0.0492. The number of hydrogen-bond donors (Lipinski definition) is 2. The van der Waals surface area contributed by atoms with Crippen LogP contribution in [0.25, 0.3) is 11.0 Å². The molecule has 0 aliphatic carbocycles. The van der Waals surface area contributed by atoms with Crippen LogP contribution in [0.1, 0.15) is 30.1 Å². The molecule has 1 saturated heterocycles. The van der Waals surface area contributed by atoms with E-state index in [-0.39, 0.29) is 5.91 Å². The van der Waals surface area contributed by atoms with Crippen LogP contribution in [-0.2, 0) is 11.3 Å². The Balaban J connectivity index is 1.26. The highest BCUT2D eigenvalue weighted by molar-refractivity contribution is 5.78. The number of aromatic amines is 1. The highest BCUT2D eigenvalue weighted by Crippen LogP contribution is 2.27. The normalized spacial score (nSPS) is 15.6. The zero-order valence-corrected chi connectivity index (χ0v) is 16.1. The number of imidazole rings is 1. The molecule has 4 rings (SSSR count). The Morgan fingerprint density at radius 1 is 1.18 bits per heavy atom. The number of likely N-dealkylation sites (tertiary alicyclic amines) is 1. The molecular weight excluding hydrogens is 352 g/mol. The lowest BCUT2D eigenvalue weighted by atomic mass is 9.96. The maximum Gasteiger partial charge on any atom is 0.234 e. The molecule has 3 aromatic rings. The second kappa shape index (κ2) is 8.44. The van der Waals surface area contributed by atoms with Crippen molar-refractivity contribution in [3.05, 3.63) is 59.9 Å². The van der Waals surface area contributed by atoms with Crippen molar-refractivity contribution in [2.45, 2.75) is 25.3 Å². The van der Waals surface area contributed by atoms with Gasteiger partial charge in [-0.2, -0.15) is 0 Å². The van der Waals surface area contributed by atoms with Crippen LogP contribution in [0.3, 0.4) is 0 Å². The Kier molecular flexibility index (Phi) is 5.58. The number of benzene rings is 2. The van der Waals surface area contributed by atoms with Crippen LogP contribution in [0.15, 0.2) is 48.5 Å². The van der Waals surface area contributed by atoms with E-state index < -0.39 is 0 Å². The van der Waals surface area contributed by atoms with Gasteiger partial charge in [0.05, 0.1) is 24.7 Å². The fourth-order valence-corrected chi connectivity index (χ4v) is 3.83. The summed E-state index contributed by atoms with van der Waals surface area (Å²) >= 11 is 0. The Morgan fingerprint density at radius 3 is 2.71 bits per heavy atom. The standard InChI is InChI=1S/C22H26N4O2/c1-28-20-9-5-2-6-17(20)14-23-21(27)15-26-12-10-16(11-13-26)22-24-18-7-3-4-8-19(18)25-22/h2-9,16H,10-15H2,1H3,(H,23,27)(H,24,25). The Hall–Kier alpha value is -2.86. The zero-order valence-electron chi connectivity index (χ0n) is 16.1. The lowest BCUT2D eigenvalue weighted by Crippen LogP contribution is -2.41. The Labute approximate surface area is 164 Å². The summed E-state index contributed by atoms with van der Waals surface area (Å²) in [7, 11) is 1.65. The van der Waals surface area contributed by atoms with Crippen LogP contribution in [0.5, 0.6) is 5.75 Å². The number of carbonyl (C=O) groups is 1. The molecule has 2 aromatic carbocycles. The first-order valence-electron chi connectivity index (χ1n) is 9.78. The Bertz CT molecular complexity index is 911. The lowest BCUT2D eigenvalue weighted by Gasteiger charge is -2.30. The summed E-state index contributed by atoms with van der Waals surface area (Å²) < 4.78 is 5.33. The molecule has 6 heteroatoms. The zero-order chi connectivity index (χ0) is 19.3. The Morgan fingerprint density at radius 2 is 1.93 bits per heavy atom. The van der Waals surface area contributed by atoms with Gasteiger partial charge in [-0.05, 0) is 44.1 Å². The van der Waals surface area contributed by atoms with E-state index in [9.17, 15) is 4.79 Å². The van der Waals surface area contributed by atoms with E-state index in [1.807, 2.05) is 42.5 Å². The van der Waals surface area contributed by atoms with Crippen molar-refractivity contribution in [1.29, 1.82) is 0 Å². The number of rotatable bonds is 6. The molecule has 0 spiro atoms. The topological polar surface area (TPSA) is 70.2 Å². The number of hydrogen-bond acceptors (Lipinski definition) is 4. The van der Waals surface area contributed by atoms with Crippen molar-refractivity contribution in [3.8, 4) is 5.75 Å². The molecule has 146 valence electrons. The summed E-state index contributed by atoms with van der Waals surface area (Å²) in [6.07, 6.45) is 2.03. The average Bonchev–Trinajstić information content (AvgIpc) is 3.17. The number of fused-ring (bicyclic) bond motifs is 1. The van der Waals surface area contributed by atoms with E-state index in [0.29, 0.717) is 19.0 Å². The monoisotopic (exact) mass is 378 g/mol. The average molecular weight is 378 g/mol. The van der Waals surface area contributed by atoms with Crippen molar-refractivity contribution in [2.24, 2.45) is 0 Å². The predicted molar refractivity (Wildman–Crippen MR) is 109 cm³/mol. The molecule has 1 aromatic heterocycles. The summed E-state index contributed by atoms with van der Waals surface area (Å²) in [5, 5.41) is 3.00. The molecule has 6 nitrogen and oxygen atoms in total. The highest BCUT2D eigenvalue weighted by Gasteiger charge is 2.24. The molecule has 0 unspecified atom stereocenters. The van der Waals surface area contributed by atoms with E-state index in [0.717, 1.165) is 54.1 Å². The molecular formula is C22H26N4O2. The van der Waals surface area contributed by atoms with Crippen molar-refractivity contribution in [1.82, 2.24) is 20.2 Å². The molecule has 1 aliphatic heterocycles. The molecule has 28 heavy (non-hydrogen) atoms. The van der Waals surface area contributed by atoms with Gasteiger partial charge in [-0.3, -0.25) is 9.69 Å². The summed E-state index contributed by atoms with van der Waals surface area (Å²) in [4.78, 5) is 22.7. The molecule has 1 aliphatic rings. The predicted octanol–water partition coefficient (Wildman–Crippen LogP) is 3.07. The van der Waals surface area contributed by atoms with E-state index >= 15 is 0 Å².